The molecule has 0 bridgehead atoms. The van der Waals surface area contributed by atoms with Crippen molar-refractivity contribution in [3.63, 3.8) is 0 Å². The van der Waals surface area contributed by atoms with Gasteiger partial charge in [0.2, 0.25) is 6.10 Å². The van der Waals surface area contributed by atoms with Crippen LogP contribution in [0.1, 0.15) is 5.56 Å². The first-order chi connectivity index (χ1) is 12.2. The number of carbonyl (C=O) groups is 1. The molecule has 1 aliphatic heterocycles. The number of ether oxygens (including phenoxy) is 1. The molecule has 0 radical (unpaired) electrons. The Morgan fingerprint density at radius 1 is 1.23 bits per heavy atom. The fourth-order valence-corrected chi connectivity index (χ4v) is 3.31. The van der Waals surface area contributed by atoms with Gasteiger partial charge in [0.25, 0.3) is 0 Å². The van der Waals surface area contributed by atoms with Gasteiger partial charge in [-0.25, -0.2) is 4.79 Å². The van der Waals surface area contributed by atoms with Crippen LogP contribution in [-0.4, -0.2) is 29.6 Å². The first-order valence-corrected chi connectivity index (χ1v) is 8.97. The van der Waals surface area contributed by atoms with Gasteiger partial charge in [0.1, 0.15) is 5.75 Å². The molecule has 0 aromatic heterocycles. The van der Waals surface area contributed by atoms with Crippen molar-refractivity contribution < 1.29 is 27.8 Å². The summed E-state index contributed by atoms with van der Waals surface area (Å²) < 4.78 is 45.0. The van der Waals surface area contributed by atoms with Gasteiger partial charge in [0, 0.05) is 21.0 Å². The minimum Gasteiger partial charge on any atom is -0.478 e. The van der Waals surface area contributed by atoms with E-state index >= 15 is 0 Å². The van der Waals surface area contributed by atoms with E-state index in [1.807, 2.05) is 18.4 Å². The lowest BCUT2D eigenvalue weighted by molar-refractivity contribution is -0.187. The molecule has 0 fully saturated rings. The standard InChI is InChI=1S/C18H12ClF3O3S/c1-26-12-4-2-9(3-5-12)13-8-11(19)6-10-7-14(17(23)24)16(18(20,21)22)25-15(10)13/h2-8,16H,1H3,(H,23,24). The maximum absolute atomic E-state index is 13.3. The molecular weight excluding hydrogens is 389 g/mol. The third kappa shape index (κ3) is 3.54. The van der Waals surface area contributed by atoms with E-state index in [2.05, 4.69) is 0 Å². The van der Waals surface area contributed by atoms with Crippen molar-refractivity contribution in [1.82, 2.24) is 0 Å². The summed E-state index contributed by atoms with van der Waals surface area (Å²) in [6.45, 7) is 0. The smallest absolute Gasteiger partial charge is 0.430 e. The Kier molecular flexibility index (Phi) is 4.94. The SMILES string of the molecule is CSc1ccc(-c2cc(Cl)cc3c2OC(C(F)(F)F)C(C(=O)O)=C3)cc1. The molecule has 1 heterocycles. The van der Waals surface area contributed by atoms with E-state index < -0.39 is 23.8 Å². The average Bonchev–Trinajstić information content (AvgIpc) is 2.59. The second-order valence-corrected chi connectivity index (χ2v) is 6.86. The summed E-state index contributed by atoms with van der Waals surface area (Å²) in [5.41, 5.74) is 0.306. The second kappa shape index (κ2) is 6.89. The van der Waals surface area contributed by atoms with Gasteiger partial charge in [0.05, 0.1) is 5.57 Å². The molecular formula is C18H12ClF3O3S. The highest BCUT2D eigenvalue weighted by Gasteiger charge is 2.48. The van der Waals surface area contributed by atoms with Gasteiger partial charge in [0.15, 0.2) is 0 Å². The molecule has 0 amide bonds. The average molecular weight is 401 g/mol. The fraction of sp³-hybridized carbons (Fsp3) is 0.167. The zero-order valence-electron chi connectivity index (χ0n) is 13.3. The maximum atomic E-state index is 13.3. The third-order valence-electron chi connectivity index (χ3n) is 3.86. The van der Waals surface area contributed by atoms with Crippen LogP contribution in [0.15, 0.2) is 46.9 Å². The summed E-state index contributed by atoms with van der Waals surface area (Å²) in [5.74, 6) is -1.73. The molecule has 0 saturated carbocycles. The monoisotopic (exact) mass is 400 g/mol. The molecule has 0 spiro atoms. The van der Waals surface area contributed by atoms with Gasteiger partial charge in [-0.1, -0.05) is 23.7 Å². The summed E-state index contributed by atoms with van der Waals surface area (Å²) >= 11 is 7.62. The number of rotatable bonds is 3. The highest BCUT2D eigenvalue weighted by molar-refractivity contribution is 7.98. The summed E-state index contributed by atoms with van der Waals surface area (Å²) in [6.07, 6.45) is -4.53. The highest BCUT2D eigenvalue weighted by Crippen LogP contribution is 2.44. The van der Waals surface area contributed by atoms with Gasteiger partial charge in [-0.2, -0.15) is 13.2 Å². The Morgan fingerprint density at radius 3 is 2.42 bits per heavy atom. The van der Waals surface area contributed by atoms with Gasteiger partial charge < -0.3 is 9.84 Å². The normalized spacial score (nSPS) is 16.5. The Balaban J connectivity index is 2.18. The highest BCUT2D eigenvalue weighted by atomic mass is 35.5. The Morgan fingerprint density at radius 2 is 1.88 bits per heavy atom. The molecule has 1 N–H and O–H groups in total. The van der Waals surface area contributed by atoms with Gasteiger partial charge >= 0.3 is 12.1 Å². The van der Waals surface area contributed by atoms with Crippen molar-refractivity contribution in [1.29, 1.82) is 0 Å². The molecule has 1 aliphatic rings. The first kappa shape index (κ1) is 18.7. The van der Waals surface area contributed by atoms with Crippen LogP contribution in [0.2, 0.25) is 5.02 Å². The zero-order valence-corrected chi connectivity index (χ0v) is 14.9. The molecule has 0 aliphatic carbocycles. The van der Waals surface area contributed by atoms with Crippen LogP contribution in [0.4, 0.5) is 13.2 Å². The van der Waals surface area contributed by atoms with E-state index in [9.17, 15) is 18.0 Å². The lowest BCUT2D eigenvalue weighted by atomic mass is 9.96. The molecule has 2 aromatic rings. The molecule has 3 nitrogen and oxygen atoms in total. The number of alkyl halides is 3. The van der Waals surface area contributed by atoms with Crippen molar-refractivity contribution in [2.24, 2.45) is 0 Å². The van der Waals surface area contributed by atoms with Crippen LogP contribution in [0, 0.1) is 0 Å². The Hall–Kier alpha value is -2.12. The third-order valence-corrected chi connectivity index (χ3v) is 4.82. The number of carboxylic acids is 1. The van der Waals surface area contributed by atoms with Gasteiger partial charge in [-0.15, -0.1) is 11.8 Å². The topological polar surface area (TPSA) is 46.5 Å². The molecule has 0 saturated heterocycles. The lowest BCUT2D eigenvalue weighted by Crippen LogP contribution is -2.40. The number of thioether (sulfide) groups is 1. The predicted molar refractivity (Wildman–Crippen MR) is 94.8 cm³/mol. The maximum Gasteiger partial charge on any atom is 0.430 e. The lowest BCUT2D eigenvalue weighted by Gasteiger charge is -2.28. The Labute approximate surface area is 156 Å². The number of halogens is 4. The zero-order chi connectivity index (χ0) is 19.1. The van der Waals surface area contributed by atoms with E-state index in [1.165, 1.54) is 23.9 Å². The number of hydrogen-bond donors (Lipinski definition) is 1. The number of benzene rings is 2. The summed E-state index contributed by atoms with van der Waals surface area (Å²) in [7, 11) is 0. The molecule has 3 rings (SSSR count). The fourth-order valence-electron chi connectivity index (χ4n) is 2.68. The summed E-state index contributed by atoms with van der Waals surface area (Å²) in [5, 5.41) is 9.39. The molecule has 26 heavy (non-hydrogen) atoms. The van der Waals surface area contributed by atoms with Crippen molar-refractivity contribution in [3.05, 3.63) is 52.6 Å². The van der Waals surface area contributed by atoms with Crippen LogP contribution < -0.4 is 4.74 Å². The largest absolute Gasteiger partial charge is 0.478 e. The number of fused-ring (bicyclic) bond motifs is 1. The molecule has 136 valence electrons. The minimum absolute atomic E-state index is 0.0429. The van der Waals surface area contributed by atoms with Crippen molar-refractivity contribution in [2.45, 2.75) is 17.2 Å². The van der Waals surface area contributed by atoms with Crippen molar-refractivity contribution in [2.75, 3.05) is 6.26 Å². The van der Waals surface area contributed by atoms with Crippen LogP contribution in [0.3, 0.4) is 0 Å². The number of hydrogen-bond acceptors (Lipinski definition) is 3. The van der Waals surface area contributed by atoms with E-state index in [0.29, 0.717) is 11.1 Å². The summed E-state index contributed by atoms with van der Waals surface area (Å²) in [6, 6.07) is 10.0. The minimum atomic E-state index is -4.86. The number of carboxylic acid groups (broad SMARTS) is 1. The van der Waals surface area contributed by atoms with Crippen LogP contribution in [0.25, 0.3) is 17.2 Å². The van der Waals surface area contributed by atoms with Crippen LogP contribution >= 0.6 is 23.4 Å². The van der Waals surface area contributed by atoms with Gasteiger partial charge in [-0.05, 0) is 42.2 Å². The van der Waals surface area contributed by atoms with Crippen molar-refractivity contribution in [3.8, 4) is 16.9 Å². The quantitative estimate of drug-likeness (QED) is 0.689. The predicted octanol–water partition coefficient (Wildman–Crippen LogP) is 5.52. The van der Waals surface area contributed by atoms with E-state index in [0.717, 1.165) is 11.0 Å². The number of aliphatic carboxylic acids is 1. The second-order valence-electron chi connectivity index (χ2n) is 5.54. The van der Waals surface area contributed by atoms with E-state index in [4.69, 9.17) is 21.4 Å². The molecule has 8 heteroatoms. The van der Waals surface area contributed by atoms with Gasteiger partial charge in [-0.3, -0.25) is 0 Å². The summed E-state index contributed by atoms with van der Waals surface area (Å²) in [4.78, 5) is 12.2. The van der Waals surface area contributed by atoms with Crippen LogP contribution in [0.5, 0.6) is 5.75 Å². The molecule has 1 unspecified atom stereocenters. The van der Waals surface area contributed by atoms with E-state index in [-0.39, 0.29) is 16.3 Å². The van der Waals surface area contributed by atoms with Crippen LogP contribution in [-0.2, 0) is 4.79 Å². The van der Waals surface area contributed by atoms with E-state index in [1.54, 1.807) is 12.1 Å². The molecule has 1 atom stereocenters. The molecule has 2 aromatic carbocycles. The Bertz CT molecular complexity index is 892. The van der Waals surface area contributed by atoms with Crippen molar-refractivity contribution >= 4 is 35.4 Å². The first-order valence-electron chi connectivity index (χ1n) is 7.37.